The van der Waals surface area contributed by atoms with Crippen molar-refractivity contribution in [3.05, 3.63) is 168 Å². The molecule has 0 atom stereocenters. The molecule has 1 aliphatic carbocycles. The summed E-state index contributed by atoms with van der Waals surface area (Å²) in [6.45, 7) is 4.77. The molecule has 0 unspecified atom stereocenters. The van der Waals surface area contributed by atoms with E-state index in [4.69, 9.17) is 9.97 Å². The normalized spacial score (nSPS) is 12.9. The van der Waals surface area contributed by atoms with Gasteiger partial charge in [-0.25, -0.2) is 20.8 Å². The highest BCUT2D eigenvalue weighted by atomic mass is 16.1. The third-order valence-corrected chi connectivity index (χ3v) is 9.72. The molecule has 58 heavy (non-hydrogen) atoms. The van der Waals surface area contributed by atoms with Crippen LogP contribution in [0, 0.1) is 0 Å². The van der Waals surface area contributed by atoms with E-state index in [1.807, 2.05) is 97.1 Å². The summed E-state index contributed by atoms with van der Waals surface area (Å²) in [5, 5.41) is 26.5. The molecule has 6 aromatic carbocycles. The number of hydrazone groups is 2. The Hall–Kier alpha value is -7.93. The smallest absolute Gasteiger partial charge is 0.225 e. The number of hydrogen-bond acceptors (Lipinski definition) is 9. The average molecular weight is 761 g/mol. The molecular weight excluding hydrogens is 725 g/mol. The van der Waals surface area contributed by atoms with Crippen LogP contribution in [-0.2, 0) is 13.1 Å². The Balaban J connectivity index is 0.905. The summed E-state index contributed by atoms with van der Waals surface area (Å²) in [5.41, 5.74) is 16.0. The monoisotopic (exact) mass is 760 g/mol. The SMILES string of the molecule is CC(N=Nc1ccc2c(c1)-c1cc(N=NC(C)=NNc3nc4ccccc4n3Cc3ccccc3)ccc1C2=O)=NNc1nc2ccccc2n1Cc1ccccc1. The van der Waals surface area contributed by atoms with Crippen molar-refractivity contribution in [2.75, 3.05) is 10.9 Å². The van der Waals surface area contributed by atoms with Gasteiger partial charge >= 0.3 is 0 Å². The first kappa shape index (κ1) is 35.8. The van der Waals surface area contributed by atoms with Crippen LogP contribution in [0.4, 0.5) is 23.3 Å². The zero-order valence-electron chi connectivity index (χ0n) is 31.7. The maximum Gasteiger partial charge on any atom is 0.225 e. The van der Waals surface area contributed by atoms with Gasteiger partial charge in [-0.3, -0.25) is 4.79 Å². The largest absolute Gasteiger partial charge is 0.304 e. The van der Waals surface area contributed by atoms with Crippen molar-refractivity contribution in [1.29, 1.82) is 0 Å². The molecule has 1 aliphatic rings. The average Bonchev–Trinajstić information content (AvgIpc) is 3.89. The lowest BCUT2D eigenvalue weighted by Gasteiger charge is -2.08. The number of hydrogen-bond donors (Lipinski definition) is 2. The fraction of sp³-hybridized carbons (Fsp3) is 0.0889. The Morgan fingerprint density at radius 1 is 0.517 bits per heavy atom. The van der Waals surface area contributed by atoms with Gasteiger partial charge in [0.1, 0.15) is 0 Å². The third-order valence-electron chi connectivity index (χ3n) is 9.72. The van der Waals surface area contributed by atoms with Crippen LogP contribution in [0.25, 0.3) is 33.2 Å². The molecular formula is C45H36N12O. The van der Waals surface area contributed by atoms with Gasteiger partial charge in [-0.1, -0.05) is 84.9 Å². The summed E-state index contributed by atoms with van der Waals surface area (Å²) in [5.74, 6) is 1.93. The van der Waals surface area contributed by atoms with Gasteiger partial charge in [0.05, 0.1) is 46.5 Å². The van der Waals surface area contributed by atoms with Crippen LogP contribution in [0.2, 0.25) is 0 Å². The molecule has 0 radical (unpaired) electrons. The zero-order chi connectivity index (χ0) is 39.4. The van der Waals surface area contributed by atoms with Crippen LogP contribution in [-0.4, -0.2) is 36.6 Å². The second-order valence-electron chi connectivity index (χ2n) is 13.7. The number of ketones is 1. The van der Waals surface area contributed by atoms with Crippen LogP contribution in [0.1, 0.15) is 40.9 Å². The molecule has 2 heterocycles. The van der Waals surface area contributed by atoms with Crippen LogP contribution in [0.3, 0.4) is 0 Å². The topological polar surface area (TPSA) is 151 Å². The molecule has 0 fully saturated rings. The fourth-order valence-corrected chi connectivity index (χ4v) is 6.92. The number of amidine groups is 2. The number of nitrogens with zero attached hydrogens (tertiary/aromatic N) is 10. The first-order valence-corrected chi connectivity index (χ1v) is 18.7. The van der Waals surface area contributed by atoms with E-state index in [1.165, 1.54) is 0 Å². The maximum absolute atomic E-state index is 13.3. The molecule has 9 rings (SSSR count). The van der Waals surface area contributed by atoms with E-state index in [2.05, 4.69) is 74.9 Å². The molecule has 2 aromatic heterocycles. The molecule has 2 N–H and O–H groups in total. The minimum atomic E-state index is -0.0577. The lowest BCUT2D eigenvalue weighted by molar-refractivity contribution is 0.104. The second kappa shape index (κ2) is 15.7. The summed E-state index contributed by atoms with van der Waals surface area (Å²) in [6, 6.07) is 47.1. The van der Waals surface area contributed by atoms with Crippen molar-refractivity contribution in [3.8, 4) is 11.1 Å². The number of para-hydroxylation sites is 4. The van der Waals surface area contributed by atoms with Crippen molar-refractivity contribution in [1.82, 2.24) is 19.1 Å². The number of carbonyl (C=O) groups is 1. The maximum atomic E-state index is 13.3. The van der Waals surface area contributed by atoms with E-state index in [0.717, 1.165) is 44.3 Å². The Labute approximate surface area is 333 Å². The van der Waals surface area contributed by atoms with E-state index in [0.29, 0.717) is 59.2 Å². The first-order chi connectivity index (χ1) is 28.5. The number of rotatable bonds is 10. The fourth-order valence-electron chi connectivity index (χ4n) is 6.92. The van der Waals surface area contributed by atoms with Gasteiger partial charge in [0.25, 0.3) is 0 Å². The van der Waals surface area contributed by atoms with E-state index in [9.17, 15) is 4.79 Å². The summed E-state index contributed by atoms with van der Waals surface area (Å²) in [7, 11) is 0. The standard InChI is InChI=1S/C45H36N12O/c1-29(50-54-44-46-39-17-9-11-19-41(39)56(44)27-31-13-5-3-6-14-31)48-52-33-21-23-35-37(25-33)38-26-34(22-24-36(38)43(35)58)53-49-30(2)51-55-45-47-40-18-10-12-20-42(40)57(45)28-32-15-7-4-8-16-32/h3-26H,27-28H2,1-2H3,(H,46,54)(H,47,55). The number of benzene rings is 6. The van der Waals surface area contributed by atoms with Crippen LogP contribution >= 0.6 is 0 Å². The highest BCUT2D eigenvalue weighted by molar-refractivity contribution is 6.22. The van der Waals surface area contributed by atoms with Gasteiger partial charge in [-0.15, -0.1) is 20.5 Å². The number of anilines is 2. The highest BCUT2D eigenvalue weighted by Gasteiger charge is 2.27. The van der Waals surface area contributed by atoms with Gasteiger partial charge in [0.2, 0.25) is 11.9 Å². The lowest BCUT2D eigenvalue weighted by atomic mass is 10.0. The minimum Gasteiger partial charge on any atom is -0.304 e. The van der Waals surface area contributed by atoms with E-state index >= 15 is 0 Å². The first-order valence-electron chi connectivity index (χ1n) is 18.7. The summed E-state index contributed by atoms with van der Waals surface area (Å²) >= 11 is 0. The van der Waals surface area contributed by atoms with Gasteiger partial charge in [-0.05, 0) is 96.8 Å². The zero-order valence-corrected chi connectivity index (χ0v) is 31.7. The van der Waals surface area contributed by atoms with Crippen molar-refractivity contribution in [2.45, 2.75) is 26.9 Å². The lowest BCUT2D eigenvalue weighted by Crippen LogP contribution is -2.06. The number of carbonyl (C=O) groups excluding carboxylic acids is 1. The Bertz CT molecular complexity index is 2740. The molecule has 8 aromatic rings. The summed E-state index contributed by atoms with van der Waals surface area (Å²) in [6.07, 6.45) is 0. The molecule has 0 saturated heterocycles. The highest BCUT2D eigenvalue weighted by Crippen LogP contribution is 2.40. The predicted molar refractivity (Wildman–Crippen MR) is 228 cm³/mol. The predicted octanol–water partition coefficient (Wildman–Crippen LogP) is 10.8. The van der Waals surface area contributed by atoms with Crippen LogP contribution in [0.15, 0.2) is 176 Å². The van der Waals surface area contributed by atoms with E-state index in [1.54, 1.807) is 38.1 Å². The van der Waals surface area contributed by atoms with Crippen LogP contribution in [0.5, 0.6) is 0 Å². The Morgan fingerprint density at radius 3 is 1.38 bits per heavy atom. The van der Waals surface area contributed by atoms with E-state index in [-0.39, 0.29) is 5.78 Å². The van der Waals surface area contributed by atoms with Gasteiger partial charge in [0.15, 0.2) is 17.5 Å². The number of nitrogens with one attached hydrogen (secondary N) is 2. The molecule has 0 amide bonds. The van der Waals surface area contributed by atoms with Crippen molar-refractivity contribution in [2.24, 2.45) is 30.7 Å². The molecule has 0 bridgehead atoms. The number of imidazole rings is 2. The molecule has 13 nitrogen and oxygen atoms in total. The van der Waals surface area contributed by atoms with Gasteiger partial charge < -0.3 is 9.13 Å². The minimum absolute atomic E-state index is 0.0577. The van der Waals surface area contributed by atoms with Gasteiger partial charge in [0, 0.05) is 11.1 Å². The number of aromatic nitrogens is 4. The quantitative estimate of drug-likeness (QED) is 0.0615. The van der Waals surface area contributed by atoms with Crippen molar-refractivity contribution in [3.63, 3.8) is 0 Å². The number of fused-ring (bicyclic) bond motifs is 5. The molecule has 13 heteroatoms. The van der Waals surface area contributed by atoms with Crippen molar-refractivity contribution < 1.29 is 4.79 Å². The number of azo groups is 2. The molecule has 0 spiro atoms. The van der Waals surface area contributed by atoms with Crippen molar-refractivity contribution >= 4 is 62.8 Å². The van der Waals surface area contributed by atoms with Crippen LogP contribution < -0.4 is 10.9 Å². The van der Waals surface area contributed by atoms with Gasteiger partial charge in [-0.2, -0.15) is 10.2 Å². The molecule has 0 saturated carbocycles. The van der Waals surface area contributed by atoms with E-state index < -0.39 is 0 Å². The summed E-state index contributed by atoms with van der Waals surface area (Å²) in [4.78, 5) is 22.8. The molecule has 282 valence electrons. The third kappa shape index (κ3) is 7.39. The Morgan fingerprint density at radius 2 is 0.931 bits per heavy atom. The molecule has 0 aliphatic heterocycles. The Kier molecular flexibility index (Phi) is 9.66. The second-order valence-corrected chi connectivity index (χ2v) is 13.7. The summed E-state index contributed by atoms with van der Waals surface area (Å²) < 4.78 is 4.16.